The summed E-state index contributed by atoms with van der Waals surface area (Å²) in [5, 5.41) is 9.76. The van der Waals surface area contributed by atoms with Crippen molar-refractivity contribution >= 4 is 37.6 Å². The summed E-state index contributed by atoms with van der Waals surface area (Å²) in [4.78, 5) is 9.23. The maximum absolute atomic E-state index is 12.5. The number of nitrogens with zero attached hydrogens (tertiary/aromatic N) is 4. The van der Waals surface area contributed by atoms with Crippen molar-refractivity contribution in [3.8, 4) is 0 Å². The molecule has 4 heterocycles. The first-order chi connectivity index (χ1) is 13.2. The van der Waals surface area contributed by atoms with Gasteiger partial charge in [0.1, 0.15) is 11.2 Å². The molecule has 4 rings (SSSR count). The number of nitrogens with one attached hydrogen (secondary N) is 2. The zero-order valence-corrected chi connectivity index (χ0v) is 15.4. The van der Waals surface area contributed by atoms with Crippen LogP contribution in [0.3, 0.4) is 0 Å². The number of rotatable bonds is 4. The molecule has 0 spiro atoms. The highest BCUT2D eigenvalue weighted by molar-refractivity contribution is 7.89. The molecule has 1 unspecified atom stereocenters. The number of aromatic amines is 1. The van der Waals surface area contributed by atoms with E-state index >= 15 is 0 Å². The minimum Gasteiger partial charge on any atom is -0.368 e. The second kappa shape index (κ2) is 6.85. The molecule has 28 heavy (non-hydrogen) atoms. The van der Waals surface area contributed by atoms with E-state index in [2.05, 4.69) is 24.9 Å². The highest BCUT2D eigenvalue weighted by Gasteiger charge is 2.36. The Morgan fingerprint density at radius 2 is 2.14 bits per heavy atom. The minimum absolute atomic E-state index is 0.242. The van der Waals surface area contributed by atoms with Crippen LogP contribution in [0.2, 0.25) is 0 Å². The molecule has 0 bridgehead atoms. The number of hydrogen-bond donors (Lipinski definition) is 2. The van der Waals surface area contributed by atoms with Gasteiger partial charge in [0.15, 0.2) is 5.75 Å². The smallest absolute Gasteiger partial charge is 0.368 e. The number of aromatic nitrogens is 4. The molecule has 0 aromatic carbocycles. The number of piperidine rings is 1. The van der Waals surface area contributed by atoms with E-state index in [9.17, 15) is 21.6 Å². The lowest BCUT2D eigenvalue weighted by atomic mass is 10.0. The van der Waals surface area contributed by atoms with Gasteiger partial charge < -0.3 is 9.88 Å². The maximum Gasteiger partial charge on any atom is 0.404 e. The van der Waals surface area contributed by atoms with Crippen LogP contribution in [0, 0.1) is 0 Å². The predicted octanol–water partition coefficient (Wildman–Crippen LogP) is 1.96. The normalized spacial score (nSPS) is 18.8. The summed E-state index contributed by atoms with van der Waals surface area (Å²) in [6.45, 7) is 0.874. The number of alkyl halides is 3. The van der Waals surface area contributed by atoms with Crippen LogP contribution in [0.5, 0.6) is 0 Å². The largest absolute Gasteiger partial charge is 0.404 e. The van der Waals surface area contributed by atoms with Crippen LogP contribution in [-0.2, 0) is 10.0 Å². The molecule has 0 aliphatic carbocycles. The molecule has 150 valence electrons. The average molecular weight is 414 g/mol. The van der Waals surface area contributed by atoms with Crippen LogP contribution in [-0.4, -0.2) is 59.6 Å². The Morgan fingerprint density at radius 1 is 1.32 bits per heavy atom. The molecule has 1 atom stereocenters. The average Bonchev–Trinajstić information content (AvgIpc) is 3.07. The van der Waals surface area contributed by atoms with Gasteiger partial charge in [-0.1, -0.05) is 0 Å². The van der Waals surface area contributed by atoms with E-state index in [4.69, 9.17) is 0 Å². The number of H-pyrrole nitrogens is 1. The Bertz CT molecular complexity index is 1110. The first-order valence-electron chi connectivity index (χ1n) is 8.61. The predicted molar refractivity (Wildman–Crippen MR) is 97.4 cm³/mol. The molecule has 1 saturated heterocycles. The van der Waals surface area contributed by atoms with Gasteiger partial charge in [0.05, 0.1) is 18.1 Å². The third kappa shape index (κ3) is 3.87. The van der Waals surface area contributed by atoms with Crippen molar-refractivity contribution in [2.24, 2.45) is 0 Å². The van der Waals surface area contributed by atoms with Crippen molar-refractivity contribution < 1.29 is 21.6 Å². The second-order valence-electron chi connectivity index (χ2n) is 6.77. The number of fused-ring (bicyclic) bond motifs is 3. The van der Waals surface area contributed by atoms with Crippen LogP contribution in [0.25, 0.3) is 21.9 Å². The van der Waals surface area contributed by atoms with Crippen molar-refractivity contribution in [2.45, 2.75) is 25.1 Å². The summed E-state index contributed by atoms with van der Waals surface area (Å²) in [6.07, 6.45) is 1.25. The van der Waals surface area contributed by atoms with Crippen molar-refractivity contribution in [1.82, 2.24) is 24.9 Å². The Hall–Kier alpha value is -2.47. The van der Waals surface area contributed by atoms with Gasteiger partial charge in [0, 0.05) is 36.1 Å². The maximum atomic E-state index is 12.5. The summed E-state index contributed by atoms with van der Waals surface area (Å²) in [5.74, 6) is -1.88. The standard InChI is InChI=1S/C16H17F3N6O2S/c17-16(18,19)9-28(26,27)24-10-2-1-5-25(8-10)13-7-22-23-12-6-21-15-11(14(12)13)3-4-20-15/h3-4,6-7,10,24H,1-2,5,8-9H2,(H,20,21). The van der Waals surface area contributed by atoms with Crippen molar-refractivity contribution in [1.29, 1.82) is 0 Å². The number of hydrogen-bond acceptors (Lipinski definition) is 6. The van der Waals surface area contributed by atoms with Crippen LogP contribution < -0.4 is 9.62 Å². The molecule has 0 saturated carbocycles. The van der Waals surface area contributed by atoms with Crippen molar-refractivity contribution in [2.75, 3.05) is 23.7 Å². The molecule has 2 N–H and O–H groups in total. The van der Waals surface area contributed by atoms with Gasteiger partial charge in [-0.05, 0) is 18.9 Å². The molecule has 12 heteroatoms. The fourth-order valence-corrected chi connectivity index (χ4v) is 4.81. The SMILES string of the molecule is O=S(=O)(CC(F)(F)F)NC1CCCN(c2cnnc3cnc4[nH]ccc4c23)C1. The van der Waals surface area contributed by atoms with Gasteiger partial charge in [-0.3, -0.25) is 0 Å². The van der Waals surface area contributed by atoms with E-state index in [0.29, 0.717) is 30.6 Å². The van der Waals surface area contributed by atoms with E-state index in [1.54, 1.807) is 18.6 Å². The summed E-state index contributed by atoms with van der Waals surface area (Å²) in [5.41, 5.74) is 2.02. The zero-order valence-electron chi connectivity index (χ0n) is 14.6. The summed E-state index contributed by atoms with van der Waals surface area (Å²) >= 11 is 0. The molecular weight excluding hydrogens is 397 g/mol. The van der Waals surface area contributed by atoms with Gasteiger partial charge in [-0.25, -0.2) is 18.1 Å². The molecule has 1 aliphatic rings. The molecule has 3 aromatic heterocycles. The van der Waals surface area contributed by atoms with Gasteiger partial charge in [0.25, 0.3) is 0 Å². The van der Waals surface area contributed by atoms with E-state index < -0.39 is 28.0 Å². The molecule has 8 nitrogen and oxygen atoms in total. The van der Waals surface area contributed by atoms with Crippen LogP contribution in [0.1, 0.15) is 12.8 Å². The summed E-state index contributed by atoms with van der Waals surface area (Å²) < 4.78 is 63.3. The van der Waals surface area contributed by atoms with Gasteiger partial charge >= 0.3 is 6.18 Å². The highest BCUT2D eigenvalue weighted by atomic mass is 32.2. The lowest BCUT2D eigenvalue weighted by molar-refractivity contribution is -0.106. The summed E-state index contributed by atoms with van der Waals surface area (Å²) in [7, 11) is -4.46. The van der Waals surface area contributed by atoms with Gasteiger partial charge in [-0.15, -0.1) is 5.10 Å². The molecular formula is C16H17F3N6O2S. The first kappa shape index (κ1) is 18.9. The number of anilines is 1. The Labute approximate surface area is 158 Å². The summed E-state index contributed by atoms with van der Waals surface area (Å²) in [6, 6.07) is 1.25. The minimum atomic E-state index is -4.78. The zero-order chi connectivity index (χ0) is 19.9. The molecule has 1 aliphatic heterocycles. The Kier molecular flexibility index (Phi) is 4.62. The fourth-order valence-electron chi connectivity index (χ4n) is 3.60. The van der Waals surface area contributed by atoms with E-state index in [-0.39, 0.29) is 6.54 Å². The third-order valence-electron chi connectivity index (χ3n) is 4.63. The van der Waals surface area contributed by atoms with Crippen LogP contribution >= 0.6 is 0 Å². The fraction of sp³-hybridized carbons (Fsp3) is 0.438. The monoisotopic (exact) mass is 414 g/mol. The lowest BCUT2D eigenvalue weighted by Gasteiger charge is -2.35. The first-order valence-corrected chi connectivity index (χ1v) is 10.3. The van der Waals surface area contributed by atoms with E-state index in [1.807, 2.05) is 11.0 Å². The van der Waals surface area contributed by atoms with Crippen LogP contribution in [0.15, 0.2) is 24.7 Å². The number of pyridine rings is 1. The van der Waals surface area contributed by atoms with Gasteiger partial charge in [0.2, 0.25) is 10.0 Å². The molecule has 0 radical (unpaired) electrons. The quantitative estimate of drug-likeness (QED) is 0.676. The molecule has 0 amide bonds. The highest BCUT2D eigenvalue weighted by Crippen LogP contribution is 2.32. The number of halogens is 3. The van der Waals surface area contributed by atoms with Crippen LogP contribution in [0.4, 0.5) is 18.9 Å². The lowest BCUT2D eigenvalue weighted by Crippen LogP contribution is -2.49. The van der Waals surface area contributed by atoms with Gasteiger partial charge in [-0.2, -0.15) is 18.3 Å². The Morgan fingerprint density at radius 3 is 2.93 bits per heavy atom. The molecule has 1 fully saturated rings. The Balaban J connectivity index is 1.63. The van der Waals surface area contributed by atoms with E-state index in [0.717, 1.165) is 16.5 Å². The van der Waals surface area contributed by atoms with E-state index in [1.165, 1.54) is 0 Å². The number of sulfonamides is 1. The van der Waals surface area contributed by atoms with Crippen molar-refractivity contribution in [3.63, 3.8) is 0 Å². The second-order valence-corrected chi connectivity index (χ2v) is 8.52. The van der Waals surface area contributed by atoms with Crippen molar-refractivity contribution in [3.05, 3.63) is 24.7 Å². The topological polar surface area (TPSA) is 104 Å². The third-order valence-corrected chi connectivity index (χ3v) is 6.03. The molecule has 3 aromatic rings.